The van der Waals surface area contributed by atoms with Crippen molar-refractivity contribution >= 4 is 58.5 Å². The standard InChI is InChI=1S/C23H17Cl2FN4O4/c24-16-6-2-3-7-19(16)29-22(32)23(33)30-27-12-14-5-1-4-8-20(14)34-13-21(31)28-15-9-10-18(26)17(25)11-15/h1-12H,13H2,(H,28,31)(H,29,32)(H,30,33)/b27-12-. The van der Waals surface area contributed by atoms with Crippen molar-refractivity contribution in [2.75, 3.05) is 17.2 Å². The van der Waals surface area contributed by atoms with Crippen LogP contribution in [0.25, 0.3) is 0 Å². The molecule has 174 valence electrons. The van der Waals surface area contributed by atoms with Crippen LogP contribution < -0.4 is 20.8 Å². The molecule has 0 unspecified atom stereocenters. The van der Waals surface area contributed by atoms with Gasteiger partial charge in [-0.3, -0.25) is 14.4 Å². The molecule has 3 aromatic rings. The largest absolute Gasteiger partial charge is 0.483 e. The lowest BCUT2D eigenvalue weighted by atomic mass is 10.2. The summed E-state index contributed by atoms with van der Waals surface area (Å²) in [6.07, 6.45) is 1.26. The minimum absolute atomic E-state index is 0.122. The minimum atomic E-state index is -1.01. The highest BCUT2D eigenvalue weighted by atomic mass is 35.5. The summed E-state index contributed by atoms with van der Waals surface area (Å²) in [5.74, 6) is -2.76. The van der Waals surface area contributed by atoms with Gasteiger partial charge in [-0.05, 0) is 42.5 Å². The van der Waals surface area contributed by atoms with Crippen LogP contribution in [-0.4, -0.2) is 30.5 Å². The van der Waals surface area contributed by atoms with Crippen LogP contribution >= 0.6 is 23.2 Å². The van der Waals surface area contributed by atoms with Gasteiger partial charge in [0, 0.05) is 11.3 Å². The number of rotatable bonds is 7. The van der Waals surface area contributed by atoms with Crippen LogP contribution in [0.5, 0.6) is 5.75 Å². The maximum Gasteiger partial charge on any atom is 0.329 e. The normalized spacial score (nSPS) is 10.6. The van der Waals surface area contributed by atoms with Gasteiger partial charge in [0.05, 0.1) is 21.9 Å². The highest BCUT2D eigenvalue weighted by molar-refractivity contribution is 6.41. The zero-order valence-electron chi connectivity index (χ0n) is 17.3. The van der Waals surface area contributed by atoms with Crippen LogP contribution in [0, 0.1) is 5.82 Å². The number of amides is 3. The van der Waals surface area contributed by atoms with Gasteiger partial charge in [0.1, 0.15) is 11.6 Å². The number of carbonyl (C=O) groups excluding carboxylic acids is 3. The van der Waals surface area contributed by atoms with Gasteiger partial charge in [-0.1, -0.05) is 47.5 Å². The number of benzene rings is 3. The van der Waals surface area contributed by atoms with Crippen LogP contribution in [0.4, 0.5) is 15.8 Å². The van der Waals surface area contributed by atoms with Gasteiger partial charge in [0.2, 0.25) is 0 Å². The van der Waals surface area contributed by atoms with Gasteiger partial charge in [-0.15, -0.1) is 0 Å². The number of nitrogens with zero attached hydrogens (tertiary/aromatic N) is 1. The van der Waals surface area contributed by atoms with E-state index in [2.05, 4.69) is 21.2 Å². The van der Waals surface area contributed by atoms with Gasteiger partial charge >= 0.3 is 11.8 Å². The Hall–Kier alpha value is -3.95. The second-order valence-corrected chi connectivity index (χ2v) is 7.45. The number of hydrogen-bond acceptors (Lipinski definition) is 5. The van der Waals surface area contributed by atoms with Crippen molar-refractivity contribution in [1.82, 2.24) is 5.43 Å². The average molecular weight is 503 g/mol. The van der Waals surface area contributed by atoms with E-state index in [0.29, 0.717) is 17.0 Å². The molecule has 0 aliphatic heterocycles. The van der Waals surface area contributed by atoms with E-state index in [-0.39, 0.29) is 22.3 Å². The van der Waals surface area contributed by atoms with Crippen molar-refractivity contribution in [3.63, 3.8) is 0 Å². The van der Waals surface area contributed by atoms with E-state index >= 15 is 0 Å². The first-order chi connectivity index (χ1) is 16.3. The molecule has 8 nitrogen and oxygen atoms in total. The van der Waals surface area contributed by atoms with Crippen LogP contribution in [-0.2, 0) is 14.4 Å². The average Bonchev–Trinajstić information content (AvgIpc) is 2.82. The molecule has 34 heavy (non-hydrogen) atoms. The zero-order chi connectivity index (χ0) is 24.5. The summed E-state index contributed by atoms with van der Waals surface area (Å²) in [6.45, 7) is -0.355. The molecule has 3 rings (SSSR count). The second-order valence-electron chi connectivity index (χ2n) is 6.64. The molecule has 3 aromatic carbocycles. The molecule has 0 saturated carbocycles. The quantitative estimate of drug-likeness (QED) is 0.255. The molecule has 0 radical (unpaired) electrons. The molecule has 0 atom stereocenters. The Bertz CT molecular complexity index is 1250. The maximum atomic E-state index is 13.2. The molecule has 0 bridgehead atoms. The summed E-state index contributed by atoms with van der Waals surface area (Å²) in [5, 5.41) is 8.82. The van der Waals surface area contributed by atoms with Crippen molar-refractivity contribution in [3.8, 4) is 5.75 Å². The lowest BCUT2D eigenvalue weighted by Gasteiger charge is -2.10. The Labute approximate surface area is 203 Å². The van der Waals surface area contributed by atoms with Crippen LogP contribution in [0.15, 0.2) is 71.8 Å². The third-order valence-corrected chi connectivity index (χ3v) is 4.80. The first-order valence-corrected chi connectivity index (χ1v) is 10.4. The van der Waals surface area contributed by atoms with Crippen molar-refractivity contribution in [2.45, 2.75) is 0 Å². The van der Waals surface area contributed by atoms with Crippen LogP contribution in [0.1, 0.15) is 5.56 Å². The number of nitrogens with one attached hydrogen (secondary N) is 3. The Morgan fingerprint density at radius 2 is 1.65 bits per heavy atom. The number of halogens is 3. The van der Waals surface area contributed by atoms with Crippen molar-refractivity contribution in [3.05, 3.63) is 88.2 Å². The van der Waals surface area contributed by atoms with E-state index in [9.17, 15) is 18.8 Å². The topological polar surface area (TPSA) is 109 Å². The molecule has 11 heteroatoms. The summed E-state index contributed by atoms with van der Waals surface area (Å²) in [4.78, 5) is 36.1. The number of para-hydroxylation sites is 2. The molecule has 0 aromatic heterocycles. The van der Waals surface area contributed by atoms with Gasteiger partial charge in [-0.2, -0.15) is 5.10 Å². The Morgan fingerprint density at radius 3 is 2.41 bits per heavy atom. The summed E-state index contributed by atoms with van der Waals surface area (Å²) >= 11 is 11.6. The van der Waals surface area contributed by atoms with E-state index in [1.54, 1.807) is 48.5 Å². The zero-order valence-corrected chi connectivity index (χ0v) is 18.9. The molecular formula is C23H17Cl2FN4O4. The Balaban J connectivity index is 1.54. The molecule has 0 aliphatic rings. The predicted octanol–water partition coefficient (Wildman–Crippen LogP) is 4.24. The van der Waals surface area contributed by atoms with Gasteiger partial charge in [0.15, 0.2) is 6.61 Å². The second kappa shape index (κ2) is 11.8. The summed E-state index contributed by atoms with van der Waals surface area (Å²) < 4.78 is 18.7. The van der Waals surface area contributed by atoms with E-state index in [1.807, 2.05) is 0 Å². The summed E-state index contributed by atoms with van der Waals surface area (Å²) in [6, 6.07) is 16.8. The lowest BCUT2D eigenvalue weighted by Crippen LogP contribution is -2.32. The lowest BCUT2D eigenvalue weighted by molar-refractivity contribution is -0.136. The molecule has 0 heterocycles. The Morgan fingerprint density at radius 1 is 0.912 bits per heavy atom. The smallest absolute Gasteiger partial charge is 0.329 e. The third-order valence-electron chi connectivity index (χ3n) is 4.18. The van der Waals surface area contributed by atoms with Gasteiger partial charge in [-0.25, -0.2) is 9.82 Å². The minimum Gasteiger partial charge on any atom is -0.483 e. The number of anilines is 2. The summed E-state index contributed by atoms with van der Waals surface area (Å²) in [7, 11) is 0. The van der Waals surface area contributed by atoms with E-state index < -0.39 is 23.5 Å². The predicted molar refractivity (Wildman–Crippen MR) is 128 cm³/mol. The molecule has 3 amide bonds. The van der Waals surface area contributed by atoms with E-state index in [4.69, 9.17) is 27.9 Å². The number of carbonyl (C=O) groups is 3. The SMILES string of the molecule is O=C(COc1ccccc1/C=N\NC(=O)C(=O)Nc1ccccc1Cl)Nc1ccc(F)c(Cl)c1. The summed E-state index contributed by atoms with van der Waals surface area (Å²) in [5.41, 5.74) is 3.14. The fraction of sp³-hybridized carbons (Fsp3) is 0.0435. The number of ether oxygens (including phenoxy) is 1. The molecule has 0 spiro atoms. The number of hydrogen-bond donors (Lipinski definition) is 3. The van der Waals surface area contributed by atoms with Crippen molar-refractivity contribution in [2.24, 2.45) is 5.10 Å². The molecule has 0 fully saturated rings. The van der Waals surface area contributed by atoms with Crippen molar-refractivity contribution in [1.29, 1.82) is 0 Å². The monoisotopic (exact) mass is 502 g/mol. The highest BCUT2D eigenvalue weighted by Gasteiger charge is 2.14. The van der Waals surface area contributed by atoms with Gasteiger partial charge in [0.25, 0.3) is 5.91 Å². The van der Waals surface area contributed by atoms with E-state index in [0.717, 1.165) is 6.07 Å². The first kappa shape index (κ1) is 24.7. The van der Waals surface area contributed by atoms with Crippen LogP contribution in [0.2, 0.25) is 10.0 Å². The van der Waals surface area contributed by atoms with E-state index in [1.165, 1.54) is 18.3 Å². The van der Waals surface area contributed by atoms with Gasteiger partial charge < -0.3 is 15.4 Å². The van der Waals surface area contributed by atoms with Crippen LogP contribution in [0.3, 0.4) is 0 Å². The first-order valence-electron chi connectivity index (χ1n) is 9.69. The van der Waals surface area contributed by atoms with Crippen molar-refractivity contribution < 1.29 is 23.5 Å². The fourth-order valence-corrected chi connectivity index (χ4v) is 2.95. The molecule has 3 N–H and O–H groups in total. The highest BCUT2D eigenvalue weighted by Crippen LogP contribution is 2.21. The molecule has 0 saturated heterocycles. The number of hydrazone groups is 1. The fourth-order valence-electron chi connectivity index (χ4n) is 2.59. The molecule has 0 aliphatic carbocycles. The Kier molecular flexibility index (Phi) is 8.55. The maximum absolute atomic E-state index is 13.2. The third kappa shape index (κ3) is 7.03. The molecular weight excluding hydrogens is 486 g/mol.